The summed E-state index contributed by atoms with van der Waals surface area (Å²) in [7, 11) is -3.29. The number of nitrogens with zero attached hydrogens (tertiary/aromatic N) is 1. The van der Waals surface area contributed by atoms with Gasteiger partial charge in [0.2, 0.25) is 0 Å². The van der Waals surface area contributed by atoms with Crippen LogP contribution in [0.5, 0.6) is 0 Å². The van der Waals surface area contributed by atoms with Crippen LogP contribution in [0.2, 0.25) is 0 Å². The Morgan fingerprint density at radius 2 is 2.10 bits per heavy atom. The highest BCUT2D eigenvalue weighted by molar-refractivity contribution is 7.98. The number of thioether (sulfide) groups is 1. The van der Waals surface area contributed by atoms with Gasteiger partial charge in [0.25, 0.3) is 10.2 Å². The van der Waals surface area contributed by atoms with Crippen LogP contribution in [0.25, 0.3) is 0 Å². The van der Waals surface area contributed by atoms with E-state index in [1.807, 2.05) is 0 Å². The van der Waals surface area contributed by atoms with E-state index in [-0.39, 0.29) is 0 Å². The van der Waals surface area contributed by atoms with E-state index >= 15 is 0 Å². The van der Waals surface area contributed by atoms with Crippen molar-refractivity contribution in [2.24, 2.45) is 5.92 Å². The SMILES string of the molecule is CSCCCCNS(=O)(=O)N1CCCC(CNC(C)C)C1. The lowest BCUT2D eigenvalue weighted by Crippen LogP contribution is -2.48. The van der Waals surface area contributed by atoms with Gasteiger partial charge in [0.15, 0.2) is 0 Å². The third-order valence-electron chi connectivity index (χ3n) is 3.70. The summed E-state index contributed by atoms with van der Waals surface area (Å²) in [4.78, 5) is 0. The first-order chi connectivity index (χ1) is 9.95. The average molecular weight is 338 g/mol. The average Bonchev–Trinajstić information content (AvgIpc) is 2.45. The van der Waals surface area contributed by atoms with Gasteiger partial charge in [-0.15, -0.1) is 0 Å². The summed E-state index contributed by atoms with van der Waals surface area (Å²) in [6, 6.07) is 0.451. The standard InChI is InChI=1S/C14H31N3O2S2/c1-13(2)15-11-14-7-6-9-17(12-14)21(18,19)16-8-4-5-10-20-3/h13-16H,4-12H2,1-3H3. The fourth-order valence-corrected chi connectivity index (χ4v) is 4.33. The van der Waals surface area contributed by atoms with Gasteiger partial charge in [-0.25, -0.2) is 4.72 Å². The lowest BCUT2D eigenvalue weighted by Gasteiger charge is -2.32. The minimum Gasteiger partial charge on any atom is -0.314 e. The summed E-state index contributed by atoms with van der Waals surface area (Å²) in [5.74, 6) is 1.52. The minimum absolute atomic E-state index is 0.425. The lowest BCUT2D eigenvalue weighted by molar-refractivity contribution is 0.254. The van der Waals surface area contributed by atoms with E-state index in [0.717, 1.165) is 38.0 Å². The van der Waals surface area contributed by atoms with Crippen LogP contribution in [-0.2, 0) is 10.2 Å². The largest absolute Gasteiger partial charge is 0.314 e. The molecular formula is C14H31N3O2S2. The summed E-state index contributed by atoms with van der Waals surface area (Å²) in [5, 5.41) is 3.41. The van der Waals surface area contributed by atoms with E-state index in [1.54, 1.807) is 16.1 Å². The quantitative estimate of drug-likeness (QED) is 0.595. The van der Waals surface area contributed by atoms with Crippen molar-refractivity contribution in [1.82, 2.24) is 14.3 Å². The van der Waals surface area contributed by atoms with Gasteiger partial charge in [-0.2, -0.15) is 24.5 Å². The van der Waals surface area contributed by atoms with Crippen LogP contribution >= 0.6 is 11.8 Å². The molecule has 126 valence electrons. The number of nitrogens with one attached hydrogen (secondary N) is 2. The maximum atomic E-state index is 12.3. The zero-order chi connectivity index (χ0) is 15.7. The fraction of sp³-hybridized carbons (Fsp3) is 1.00. The second-order valence-electron chi connectivity index (χ2n) is 6.03. The molecule has 1 aliphatic heterocycles. The second kappa shape index (κ2) is 10.0. The molecule has 0 spiro atoms. The maximum absolute atomic E-state index is 12.3. The molecule has 0 amide bonds. The van der Waals surface area contributed by atoms with Crippen molar-refractivity contribution >= 4 is 22.0 Å². The third-order valence-corrected chi connectivity index (χ3v) is 5.97. The van der Waals surface area contributed by atoms with Gasteiger partial charge in [-0.1, -0.05) is 13.8 Å². The molecule has 0 aliphatic carbocycles. The molecule has 1 aliphatic rings. The van der Waals surface area contributed by atoms with Gasteiger partial charge in [0.1, 0.15) is 0 Å². The van der Waals surface area contributed by atoms with Crippen LogP contribution in [0.4, 0.5) is 0 Å². The number of piperidine rings is 1. The number of hydrogen-bond donors (Lipinski definition) is 2. The smallest absolute Gasteiger partial charge is 0.279 e. The molecule has 7 heteroatoms. The van der Waals surface area contributed by atoms with Crippen LogP contribution in [0, 0.1) is 5.92 Å². The molecule has 1 atom stereocenters. The van der Waals surface area contributed by atoms with Crippen LogP contribution in [0.3, 0.4) is 0 Å². The van der Waals surface area contributed by atoms with Crippen molar-refractivity contribution in [2.45, 2.75) is 45.6 Å². The molecule has 0 saturated carbocycles. The Kier molecular flexibility index (Phi) is 9.20. The predicted octanol–water partition coefficient (Wildman–Crippen LogP) is 1.67. The molecule has 1 fully saturated rings. The monoisotopic (exact) mass is 337 g/mol. The van der Waals surface area contributed by atoms with Gasteiger partial charge in [-0.3, -0.25) is 0 Å². The fourth-order valence-electron chi connectivity index (χ4n) is 2.48. The van der Waals surface area contributed by atoms with Crippen LogP contribution in [0.1, 0.15) is 39.5 Å². The number of unbranched alkanes of at least 4 members (excludes halogenated alkanes) is 1. The van der Waals surface area contributed by atoms with E-state index in [4.69, 9.17) is 0 Å². The Labute approximate surface area is 134 Å². The molecule has 1 heterocycles. The molecule has 0 radical (unpaired) electrons. The molecule has 1 saturated heterocycles. The summed E-state index contributed by atoms with van der Waals surface area (Å²) >= 11 is 1.80. The van der Waals surface area contributed by atoms with Gasteiger partial charge in [0, 0.05) is 25.7 Å². The zero-order valence-corrected chi connectivity index (χ0v) is 15.2. The zero-order valence-electron chi connectivity index (χ0n) is 13.6. The van der Waals surface area contributed by atoms with Gasteiger partial charge < -0.3 is 5.32 Å². The first kappa shape index (κ1) is 19.2. The van der Waals surface area contributed by atoms with Crippen molar-refractivity contribution in [2.75, 3.05) is 38.2 Å². The van der Waals surface area contributed by atoms with Crippen LogP contribution in [-0.4, -0.2) is 57.0 Å². The normalized spacial score (nSPS) is 21.0. The van der Waals surface area contributed by atoms with Crippen LogP contribution in [0.15, 0.2) is 0 Å². The predicted molar refractivity (Wildman–Crippen MR) is 92.0 cm³/mol. The van der Waals surface area contributed by atoms with Crippen molar-refractivity contribution in [3.05, 3.63) is 0 Å². The van der Waals surface area contributed by atoms with Crippen molar-refractivity contribution < 1.29 is 8.42 Å². The third kappa shape index (κ3) is 7.83. The molecule has 1 rings (SSSR count). The summed E-state index contributed by atoms with van der Waals surface area (Å²) in [5.41, 5.74) is 0. The van der Waals surface area contributed by atoms with Gasteiger partial charge in [-0.05, 0) is 50.2 Å². The Morgan fingerprint density at radius 1 is 1.33 bits per heavy atom. The highest BCUT2D eigenvalue weighted by Gasteiger charge is 2.28. The first-order valence-electron chi connectivity index (χ1n) is 7.92. The maximum Gasteiger partial charge on any atom is 0.279 e. The van der Waals surface area contributed by atoms with Crippen molar-refractivity contribution in [3.8, 4) is 0 Å². The van der Waals surface area contributed by atoms with E-state index in [9.17, 15) is 8.42 Å². The highest BCUT2D eigenvalue weighted by Crippen LogP contribution is 2.18. The summed E-state index contributed by atoms with van der Waals surface area (Å²) in [6.45, 7) is 6.98. The molecule has 5 nitrogen and oxygen atoms in total. The van der Waals surface area contributed by atoms with Gasteiger partial charge in [0.05, 0.1) is 0 Å². The molecule has 21 heavy (non-hydrogen) atoms. The summed E-state index contributed by atoms with van der Waals surface area (Å²) < 4.78 is 28.9. The highest BCUT2D eigenvalue weighted by atomic mass is 32.2. The van der Waals surface area contributed by atoms with E-state index in [1.165, 1.54) is 0 Å². The Morgan fingerprint density at radius 3 is 2.76 bits per heavy atom. The molecule has 0 aromatic carbocycles. The minimum atomic E-state index is -3.29. The number of rotatable bonds is 10. The molecule has 1 unspecified atom stereocenters. The first-order valence-corrected chi connectivity index (χ1v) is 10.8. The Bertz CT molecular complexity index is 374. The Hall–Kier alpha value is 0.180. The molecule has 0 aromatic rings. The topological polar surface area (TPSA) is 61.4 Å². The van der Waals surface area contributed by atoms with E-state index < -0.39 is 10.2 Å². The summed E-state index contributed by atoms with van der Waals surface area (Å²) in [6.07, 6.45) is 6.11. The van der Waals surface area contributed by atoms with Gasteiger partial charge >= 0.3 is 0 Å². The van der Waals surface area contributed by atoms with Crippen molar-refractivity contribution in [3.63, 3.8) is 0 Å². The molecular weight excluding hydrogens is 306 g/mol. The van der Waals surface area contributed by atoms with Crippen LogP contribution < -0.4 is 10.0 Å². The number of hydrogen-bond acceptors (Lipinski definition) is 4. The second-order valence-corrected chi connectivity index (χ2v) is 8.77. The Balaban J connectivity index is 2.35. The van der Waals surface area contributed by atoms with E-state index in [2.05, 4.69) is 30.1 Å². The van der Waals surface area contributed by atoms with E-state index in [0.29, 0.717) is 31.6 Å². The lowest BCUT2D eigenvalue weighted by atomic mass is 9.99. The molecule has 2 N–H and O–H groups in total. The van der Waals surface area contributed by atoms with Crippen molar-refractivity contribution in [1.29, 1.82) is 0 Å². The molecule has 0 bridgehead atoms. The molecule has 0 aromatic heterocycles.